The minimum absolute atomic E-state index is 0.435. The van der Waals surface area contributed by atoms with Crippen LogP contribution >= 0.6 is 0 Å². The lowest BCUT2D eigenvalue weighted by molar-refractivity contribution is 0.414. The Kier molecular flexibility index (Phi) is 3.35. The van der Waals surface area contributed by atoms with Gasteiger partial charge in [0.05, 0.1) is 12.6 Å². The second kappa shape index (κ2) is 4.53. The van der Waals surface area contributed by atoms with Gasteiger partial charge in [-0.05, 0) is 30.5 Å². The van der Waals surface area contributed by atoms with Crippen LogP contribution in [-0.4, -0.2) is 33.9 Å². The summed E-state index contributed by atoms with van der Waals surface area (Å²) < 4.78 is 32.8. The highest BCUT2D eigenvalue weighted by Gasteiger charge is 2.47. The van der Waals surface area contributed by atoms with Gasteiger partial charge in [-0.1, -0.05) is 12.1 Å². The van der Waals surface area contributed by atoms with Gasteiger partial charge in [-0.3, -0.25) is 0 Å². The van der Waals surface area contributed by atoms with E-state index < -0.39 is 15.7 Å². The van der Waals surface area contributed by atoms with E-state index in [0.29, 0.717) is 0 Å². The lowest BCUT2D eigenvalue weighted by atomic mass is 10.1. The predicted molar refractivity (Wildman–Crippen MR) is 69.6 cm³/mol. The van der Waals surface area contributed by atoms with E-state index >= 15 is 0 Å². The Balaban J connectivity index is 2.21. The molecule has 1 aliphatic rings. The van der Waals surface area contributed by atoms with Crippen molar-refractivity contribution in [2.75, 3.05) is 21.2 Å². The molecule has 0 spiro atoms. The molecule has 5 nitrogen and oxygen atoms in total. The molecule has 0 bridgehead atoms. The first-order valence-corrected chi connectivity index (χ1v) is 7.20. The van der Waals surface area contributed by atoms with Crippen LogP contribution in [0.15, 0.2) is 24.3 Å². The van der Waals surface area contributed by atoms with Gasteiger partial charge in [0.15, 0.2) is 0 Å². The molecule has 0 aliphatic heterocycles. The minimum atomic E-state index is -3.41. The van der Waals surface area contributed by atoms with Crippen molar-refractivity contribution >= 4 is 10.2 Å². The van der Waals surface area contributed by atoms with Crippen LogP contribution in [0.1, 0.15) is 18.4 Å². The molecule has 1 saturated carbocycles. The first kappa shape index (κ1) is 13.3. The van der Waals surface area contributed by atoms with Gasteiger partial charge >= 0.3 is 0 Å². The molecule has 1 N–H and O–H groups in total. The Morgan fingerprint density at radius 1 is 1.22 bits per heavy atom. The molecular formula is C12H18N2O3S. The van der Waals surface area contributed by atoms with E-state index in [1.54, 1.807) is 7.11 Å². The Hall–Kier alpha value is -1.11. The third kappa shape index (κ3) is 2.50. The molecule has 0 radical (unpaired) electrons. The van der Waals surface area contributed by atoms with Crippen molar-refractivity contribution in [3.05, 3.63) is 29.8 Å². The molecule has 0 amide bonds. The van der Waals surface area contributed by atoms with Crippen LogP contribution in [0.2, 0.25) is 0 Å². The van der Waals surface area contributed by atoms with Crippen molar-refractivity contribution in [1.29, 1.82) is 0 Å². The van der Waals surface area contributed by atoms with E-state index in [2.05, 4.69) is 4.72 Å². The van der Waals surface area contributed by atoms with Gasteiger partial charge < -0.3 is 4.74 Å². The van der Waals surface area contributed by atoms with Gasteiger partial charge in [-0.2, -0.15) is 17.4 Å². The van der Waals surface area contributed by atoms with E-state index in [1.807, 2.05) is 24.3 Å². The van der Waals surface area contributed by atoms with Crippen molar-refractivity contribution in [2.24, 2.45) is 0 Å². The van der Waals surface area contributed by atoms with Gasteiger partial charge in [-0.25, -0.2) is 0 Å². The SMILES string of the molecule is COc1ccc(C2(NS(=O)(=O)N(C)C)CC2)cc1. The number of hydrogen-bond donors (Lipinski definition) is 1. The summed E-state index contributed by atoms with van der Waals surface area (Å²) in [5.74, 6) is 0.769. The van der Waals surface area contributed by atoms with Gasteiger partial charge in [0, 0.05) is 14.1 Å². The lowest BCUT2D eigenvalue weighted by Crippen LogP contribution is -2.42. The molecule has 1 aromatic rings. The quantitative estimate of drug-likeness (QED) is 0.871. The van der Waals surface area contributed by atoms with Crippen molar-refractivity contribution in [3.8, 4) is 5.75 Å². The summed E-state index contributed by atoms with van der Waals surface area (Å²) in [6.07, 6.45) is 1.65. The van der Waals surface area contributed by atoms with E-state index in [4.69, 9.17) is 4.74 Å². The predicted octanol–water partition coefficient (Wildman–Crippen LogP) is 1.08. The van der Waals surface area contributed by atoms with Crippen molar-refractivity contribution in [2.45, 2.75) is 18.4 Å². The summed E-state index contributed by atoms with van der Waals surface area (Å²) >= 11 is 0. The molecule has 1 aromatic carbocycles. The molecule has 100 valence electrons. The van der Waals surface area contributed by atoms with Gasteiger partial charge in [-0.15, -0.1) is 0 Å². The molecule has 0 aromatic heterocycles. The van der Waals surface area contributed by atoms with E-state index in [-0.39, 0.29) is 0 Å². The fourth-order valence-electron chi connectivity index (χ4n) is 1.82. The number of nitrogens with one attached hydrogen (secondary N) is 1. The van der Waals surface area contributed by atoms with Crippen molar-refractivity contribution < 1.29 is 13.2 Å². The highest BCUT2D eigenvalue weighted by molar-refractivity contribution is 7.87. The van der Waals surface area contributed by atoms with Crippen LogP contribution < -0.4 is 9.46 Å². The highest BCUT2D eigenvalue weighted by Crippen LogP contribution is 2.46. The third-order valence-electron chi connectivity index (χ3n) is 3.20. The van der Waals surface area contributed by atoms with Gasteiger partial charge in [0.2, 0.25) is 0 Å². The zero-order chi connectivity index (χ0) is 13.4. The number of hydrogen-bond acceptors (Lipinski definition) is 3. The maximum absolute atomic E-state index is 11.9. The zero-order valence-corrected chi connectivity index (χ0v) is 11.6. The summed E-state index contributed by atoms with van der Waals surface area (Å²) in [6, 6.07) is 7.51. The first-order chi connectivity index (χ1) is 8.39. The largest absolute Gasteiger partial charge is 0.497 e. The van der Waals surface area contributed by atoms with Crippen LogP contribution in [0.3, 0.4) is 0 Å². The van der Waals surface area contributed by atoms with Crippen LogP contribution in [-0.2, 0) is 15.7 Å². The normalized spacial score (nSPS) is 17.8. The second-order valence-corrected chi connectivity index (χ2v) is 6.58. The highest BCUT2D eigenvalue weighted by atomic mass is 32.2. The maximum Gasteiger partial charge on any atom is 0.279 e. The fraction of sp³-hybridized carbons (Fsp3) is 0.500. The molecule has 0 saturated heterocycles. The van der Waals surface area contributed by atoms with Crippen molar-refractivity contribution in [3.63, 3.8) is 0 Å². The summed E-state index contributed by atoms with van der Waals surface area (Å²) in [6.45, 7) is 0. The Labute approximate surface area is 108 Å². The summed E-state index contributed by atoms with van der Waals surface area (Å²) in [5, 5.41) is 0. The first-order valence-electron chi connectivity index (χ1n) is 5.76. The lowest BCUT2D eigenvalue weighted by Gasteiger charge is -2.21. The Morgan fingerprint density at radius 2 is 1.78 bits per heavy atom. The molecule has 6 heteroatoms. The number of nitrogens with zero attached hydrogens (tertiary/aromatic N) is 1. The standard InChI is InChI=1S/C12H18N2O3S/c1-14(2)18(15,16)13-12(8-9-12)10-4-6-11(17-3)7-5-10/h4-7,13H,8-9H2,1-3H3. The molecule has 1 aliphatic carbocycles. The molecule has 2 rings (SSSR count). The Morgan fingerprint density at radius 3 is 2.17 bits per heavy atom. The van der Waals surface area contributed by atoms with Crippen LogP contribution in [0.25, 0.3) is 0 Å². The number of benzene rings is 1. The molecule has 0 heterocycles. The molecule has 0 atom stereocenters. The maximum atomic E-state index is 11.9. The van der Waals surface area contributed by atoms with Crippen LogP contribution in [0.4, 0.5) is 0 Å². The van der Waals surface area contributed by atoms with Gasteiger partial charge in [0.1, 0.15) is 5.75 Å². The van der Waals surface area contributed by atoms with E-state index in [0.717, 1.165) is 24.2 Å². The summed E-state index contributed by atoms with van der Waals surface area (Å²) in [5.41, 5.74) is 0.545. The van der Waals surface area contributed by atoms with Crippen LogP contribution in [0.5, 0.6) is 5.75 Å². The average Bonchev–Trinajstić information content (AvgIpc) is 3.09. The van der Waals surface area contributed by atoms with Crippen molar-refractivity contribution in [1.82, 2.24) is 9.03 Å². The van der Waals surface area contributed by atoms with E-state index in [9.17, 15) is 8.42 Å². The molecule has 18 heavy (non-hydrogen) atoms. The van der Waals surface area contributed by atoms with Crippen LogP contribution in [0, 0.1) is 0 Å². The molecule has 1 fully saturated rings. The number of methoxy groups -OCH3 is 1. The molecular weight excluding hydrogens is 252 g/mol. The van der Waals surface area contributed by atoms with E-state index in [1.165, 1.54) is 18.4 Å². The minimum Gasteiger partial charge on any atom is -0.497 e. The topological polar surface area (TPSA) is 58.6 Å². The third-order valence-corrected chi connectivity index (χ3v) is 4.81. The average molecular weight is 270 g/mol. The zero-order valence-electron chi connectivity index (χ0n) is 10.8. The summed E-state index contributed by atoms with van der Waals surface area (Å²) in [4.78, 5) is 0. The van der Waals surface area contributed by atoms with Gasteiger partial charge in [0.25, 0.3) is 10.2 Å². The smallest absolute Gasteiger partial charge is 0.279 e. The monoisotopic (exact) mass is 270 g/mol. The molecule has 0 unspecified atom stereocenters. The fourth-order valence-corrected chi connectivity index (χ4v) is 2.82. The Bertz CT molecular complexity index is 519. The number of rotatable bonds is 5. The summed E-state index contributed by atoms with van der Waals surface area (Å²) in [7, 11) is 1.24. The second-order valence-electron chi connectivity index (χ2n) is 4.70. The number of ether oxygens (including phenoxy) is 1.